The van der Waals surface area contributed by atoms with Crippen molar-refractivity contribution in [2.24, 2.45) is 0 Å². The number of aromatic nitrogens is 2. The van der Waals surface area contributed by atoms with Gasteiger partial charge in [-0.15, -0.1) is 0 Å². The van der Waals surface area contributed by atoms with Crippen LogP contribution in [0.5, 0.6) is 0 Å². The molecular weight excluding hydrogens is 328 g/mol. The number of nitrogens with one attached hydrogen (secondary N) is 3. The fourth-order valence-electron chi connectivity index (χ4n) is 2.30. The SMILES string of the molecule is Cc1ccc(NC(=O)CNC(=O)c2n[nH]c3ccccc23)c(Cl)c1. The number of nitrogens with zero attached hydrogens (tertiary/aromatic N) is 1. The Hall–Kier alpha value is -2.86. The Bertz CT molecular complexity index is 920. The number of fused-ring (bicyclic) bond motifs is 1. The molecule has 3 N–H and O–H groups in total. The van der Waals surface area contributed by atoms with E-state index in [9.17, 15) is 9.59 Å². The van der Waals surface area contributed by atoms with Crippen molar-refractivity contribution in [2.75, 3.05) is 11.9 Å². The van der Waals surface area contributed by atoms with E-state index in [2.05, 4.69) is 20.8 Å². The van der Waals surface area contributed by atoms with Crippen LogP contribution in [0.4, 0.5) is 5.69 Å². The number of halogens is 1. The number of anilines is 1. The van der Waals surface area contributed by atoms with Crippen molar-refractivity contribution in [3.63, 3.8) is 0 Å². The van der Waals surface area contributed by atoms with Crippen LogP contribution >= 0.6 is 11.6 Å². The lowest BCUT2D eigenvalue weighted by Gasteiger charge is -2.08. The zero-order valence-corrected chi connectivity index (χ0v) is 13.6. The first kappa shape index (κ1) is 16.0. The molecule has 3 aromatic rings. The van der Waals surface area contributed by atoms with Crippen molar-refractivity contribution in [3.05, 3.63) is 58.7 Å². The van der Waals surface area contributed by atoms with Gasteiger partial charge in [0.15, 0.2) is 5.69 Å². The number of para-hydroxylation sites is 1. The molecule has 2 amide bonds. The van der Waals surface area contributed by atoms with Crippen molar-refractivity contribution in [1.29, 1.82) is 0 Å². The number of hydrogen-bond acceptors (Lipinski definition) is 3. The summed E-state index contributed by atoms with van der Waals surface area (Å²) in [5.74, 6) is -0.786. The van der Waals surface area contributed by atoms with Crippen molar-refractivity contribution >= 4 is 40.0 Å². The Morgan fingerprint density at radius 2 is 2.00 bits per heavy atom. The molecule has 1 aromatic heterocycles. The number of aryl methyl sites for hydroxylation is 1. The van der Waals surface area contributed by atoms with Crippen LogP contribution in [-0.4, -0.2) is 28.6 Å². The van der Waals surface area contributed by atoms with Gasteiger partial charge in [-0.2, -0.15) is 5.10 Å². The number of hydrogen-bond donors (Lipinski definition) is 3. The zero-order valence-electron chi connectivity index (χ0n) is 12.9. The highest BCUT2D eigenvalue weighted by molar-refractivity contribution is 6.33. The summed E-state index contributed by atoms with van der Waals surface area (Å²) in [5.41, 5.74) is 2.52. The van der Waals surface area contributed by atoms with Crippen molar-refractivity contribution in [1.82, 2.24) is 15.5 Å². The molecule has 0 bridgehead atoms. The molecule has 0 fully saturated rings. The van der Waals surface area contributed by atoms with Gasteiger partial charge < -0.3 is 10.6 Å². The highest BCUT2D eigenvalue weighted by Gasteiger charge is 2.15. The maximum absolute atomic E-state index is 12.2. The van der Waals surface area contributed by atoms with E-state index in [0.29, 0.717) is 16.1 Å². The van der Waals surface area contributed by atoms with Gasteiger partial charge in [0.1, 0.15) is 0 Å². The molecule has 0 aliphatic rings. The number of aromatic amines is 1. The monoisotopic (exact) mass is 342 g/mol. The third-order valence-electron chi connectivity index (χ3n) is 3.49. The van der Waals surface area contributed by atoms with Crippen molar-refractivity contribution in [3.8, 4) is 0 Å². The molecular formula is C17H15ClN4O2. The lowest BCUT2D eigenvalue weighted by molar-refractivity contribution is -0.115. The molecule has 6 nitrogen and oxygen atoms in total. The fraction of sp³-hybridized carbons (Fsp3) is 0.118. The van der Waals surface area contributed by atoms with E-state index < -0.39 is 5.91 Å². The number of carbonyl (C=O) groups excluding carboxylic acids is 2. The Kier molecular flexibility index (Phi) is 4.48. The van der Waals surface area contributed by atoms with Crippen LogP contribution in [0.1, 0.15) is 16.1 Å². The molecule has 3 rings (SSSR count). The second kappa shape index (κ2) is 6.72. The minimum atomic E-state index is -0.419. The number of H-pyrrole nitrogens is 1. The third kappa shape index (κ3) is 3.38. The maximum atomic E-state index is 12.2. The van der Waals surface area contributed by atoms with E-state index in [1.54, 1.807) is 18.2 Å². The molecule has 7 heteroatoms. The second-order valence-corrected chi connectivity index (χ2v) is 5.74. The predicted molar refractivity (Wildman–Crippen MR) is 93.2 cm³/mol. The van der Waals surface area contributed by atoms with Gasteiger partial charge in [0.25, 0.3) is 5.91 Å². The number of benzene rings is 2. The Labute approximate surface area is 143 Å². The van der Waals surface area contributed by atoms with Crippen LogP contribution in [-0.2, 0) is 4.79 Å². The van der Waals surface area contributed by atoms with Gasteiger partial charge in [0.2, 0.25) is 5.91 Å². The molecule has 0 saturated carbocycles. The summed E-state index contributed by atoms with van der Waals surface area (Å²) >= 11 is 6.07. The van der Waals surface area contributed by atoms with E-state index in [0.717, 1.165) is 11.1 Å². The van der Waals surface area contributed by atoms with Crippen LogP contribution < -0.4 is 10.6 Å². The third-order valence-corrected chi connectivity index (χ3v) is 3.81. The van der Waals surface area contributed by atoms with E-state index in [-0.39, 0.29) is 18.1 Å². The molecule has 0 radical (unpaired) electrons. The summed E-state index contributed by atoms with van der Waals surface area (Å²) in [6.45, 7) is 1.73. The maximum Gasteiger partial charge on any atom is 0.272 e. The molecule has 0 aliphatic heterocycles. The normalized spacial score (nSPS) is 10.6. The first-order chi connectivity index (χ1) is 11.5. The number of rotatable bonds is 4. The van der Waals surface area contributed by atoms with Crippen LogP contribution in [0, 0.1) is 6.92 Å². The quantitative estimate of drug-likeness (QED) is 0.681. The largest absolute Gasteiger partial charge is 0.342 e. The molecule has 0 atom stereocenters. The summed E-state index contributed by atoms with van der Waals surface area (Å²) < 4.78 is 0. The first-order valence-electron chi connectivity index (χ1n) is 7.32. The van der Waals surface area contributed by atoms with E-state index in [1.807, 2.05) is 31.2 Å². The Morgan fingerprint density at radius 3 is 2.79 bits per heavy atom. The lowest BCUT2D eigenvalue weighted by atomic mass is 10.2. The van der Waals surface area contributed by atoms with Gasteiger partial charge in [-0.25, -0.2) is 0 Å². The predicted octanol–water partition coefficient (Wildman–Crippen LogP) is 2.89. The van der Waals surface area contributed by atoms with Crippen molar-refractivity contribution in [2.45, 2.75) is 6.92 Å². The fourth-order valence-corrected chi connectivity index (χ4v) is 2.58. The summed E-state index contributed by atoms with van der Waals surface area (Å²) in [7, 11) is 0. The summed E-state index contributed by atoms with van der Waals surface area (Å²) in [6, 6.07) is 12.6. The Balaban J connectivity index is 1.62. The number of amides is 2. The molecule has 24 heavy (non-hydrogen) atoms. The molecule has 2 aromatic carbocycles. The van der Waals surface area contributed by atoms with Crippen LogP contribution in [0.15, 0.2) is 42.5 Å². The van der Waals surface area contributed by atoms with Crippen LogP contribution in [0.2, 0.25) is 5.02 Å². The minimum Gasteiger partial charge on any atom is -0.342 e. The molecule has 1 heterocycles. The van der Waals surface area contributed by atoms with Crippen LogP contribution in [0.3, 0.4) is 0 Å². The summed E-state index contributed by atoms with van der Waals surface area (Å²) in [5, 5.41) is 13.1. The first-order valence-corrected chi connectivity index (χ1v) is 7.69. The number of carbonyl (C=O) groups is 2. The highest BCUT2D eigenvalue weighted by Crippen LogP contribution is 2.22. The highest BCUT2D eigenvalue weighted by atomic mass is 35.5. The molecule has 0 unspecified atom stereocenters. The average molecular weight is 343 g/mol. The average Bonchev–Trinajstić information content (AvgIpc) is 2.99. The smallest absolute Gasteiger partial charge is 0.272 e. The van der Waals surface area contributed by atoms with Gasteiger partial charge >= 0.3 is 0 Å². The van der Waals surface area contributed by atoms with Gasteiger partial charge in [-0.05, 0) is 30.7 Å². The van der Waals surface area contributed by atoms with Gasteiger partial charge in [0, 0.05) is 5.39 Å². The van der Waals surface area contributed by atoms with Gasteiger partial charge in [-0.1, -0.05) is 35.9 Å². The van der Waals surface area contributed by atoms with Crippen molar-refractivity contribution < 1.29 is 9.59 Å². The summed E-state index contributed by atoms with van der Waals surface area (Å²) in [4.78, 5) is 24.2. The summed E-state index contributed by atoms with van der Waals surface area (Å²) in [6.07, 6.45) is 0. The lowest BCUT2D eigenvalue weighted by Crippen LogP contribution is -2.33. The molecule has 0 saturated heterocycles. The Morgan fingerprint density at radius 1 is 1.21 bits per heavy atom. The molecule has 0 aliphatic carbocycles. The van der Waals surface area contributed by atoms with E-state index in [4.69, 9.17) is 11.6 Å². The second-order valence-electron chi connectivity index (χ2n) is 5.33. The van der Waals surface area contributed by atoms with Gasteiger partial charge in [0.05, 0.1) is 22.8 Å². The van der Waals surface area contributed by atoms with E-state index >= 15 is 0 Å². The molecule has 122 valence electrons. The molecule has 0 spiro atoms. The van der Waals surface area contributed by atoms with E-state index in [1.165, 1.54) is 0 Å². The zero-order chi connectivity index (χ0) is 17.1. The standard InChI is InChI=1S/C17H15ClN4O2/c1-10-6-7-14(12(18)8-10)20-15(23)9-19-17(24)16-11-4-2-3-5-13(11)21-22-16/h2-8H,9H2,1H3,(H,19,24)(H,20,23)(H,21,22). The van der Waals surface area contributed by atoms with Gasteiger partial charge in [-0.3, -0.25) is 14.7 Å². The van der Waals surface area contributed by atoms with Crippen LogP contribution in [0.25, 0.3) is 10.9 Å². The minimum absolute atomic E-state index is 0.176. The topological polar surface area (TPSA) is 86.9 Å².